The minimum absolute atomic E-state index is 0.575. The summed E-state index contributed by atoms with van der Waals surface area (Å²) in [5.74, 6) is 0.575. The van der Waals surface area contributed by atoms with Crippen LogP contribution in [0.3, 0.4) is 0 Å². The summed E-state index contributed by atoms with van der Waals surface area (Å²) >= 11 is 0. The molecule has 0 atom stereocenters. The molecule has 0 aliphatic carbocycles. The molecular weight excluding hydrogens is 625 g/mol. The summed E-state index contributed by atoms with van der Waals surface area (Å²) in [5, 5.41) is 4.43. The topological polar surface area (TPSA) is 42.4 Å². The van der Waals surface area contributed by atoms with Crippen LogP contribution in [-0.2, 0) is 0 Å². The summed E-state index contributed by atoms with van der Waals surface area (Å²) in [4.78, 5) is 7.16. The van der Waals surface area contributed by atoms with Gasteiger partial charge < -0.3 is 13.7 Å². The molecule has 10 aromatic rings. The van der Waals surface area contributed by atoms with E-state index in [4.69, 9.17) is 13.8 Å². The van der Waals surface area contributed by atoms with Crippen LogP contribution < -0.4 is 4.90 Å². The van der Waals surface area contributed by atoms with Crippen LogP contribution in [0, 0.1) is 0 Å². The number of hydrogen-bond donors (Lipinski definition) is 0. The first kappa shape index (κ1) is 29.0. The molecule has 0 aliphatic rings. The fourth-order valence-electron chi connectivity index (χ4n) is 7.19. The molecule has 8 aromatic carbocycles. The Kier molecular flexibility index (Phi) is 6.78. The van der Waals surface area contributed by atoms with Gasteiger partial charge in [0.05, 0.1) is 0 Å². The summed E-state index contributed by atoms with van der Waals surface area (Å²) in [5.41, 5.74) is 11.9. The normalized spacial score (nSPS) is 11.5. The van der Waals surface area contributed by atoms with Gasteiger partial charge in [0.15, 0.2) is 5.58 Å². The molecule has 4 heteroatoms. The van der Waals surface area contributed by atoms with Crippen molar-refractivity contribution in [2.45, 2.75) is 0 Å². The van der Waals surface area contributed by atoms with Gasteiger partial charge >= 0.3 is 0 Å². The Morgan fingerprint density at radius 1 is 0.392 bits per heavy atom. The standard InChI is InChI=1S/C47H30N2O2/c1-2-10-31(11-3-1)33-22-24-37(25-23-33)49(38-15-8-14-35(29-38)36-21-20-32-12-4-5-13-34(32)28-36)39-26-27-43-41(30-39)46-40(16-9-19-45(46)50-43)47-48-42-17-6-7-18-44(42)51-47/h1-30H. The van der Waals surface area contributed by atoms with Gasteiger partial charge in [-0.2, -0.15) is 0 Å². The lowest BCUT2D eigenvalue weighted by molar-refractivity contribution is 0.620. The maximum absolute atomic E-state index is 6.42. The van der Waals surface area contributed by atoms with Crippen molar-refractivity contribution in [1.82, 2.24) is 4.98 Å². The molecule has 0 fully saturated rings. The number of aromatic nitrogens is 1. The van der Waals surface area contributed by atoms with E-state index in [1.807, 2.05) is 42.5 Å². The van der Waals surface area contributed by atoms with E-state index in [-0.39, 0.29) is 0 Å². The number of para-hydroxylation sites is 2. The Morgan fingerprint density at radius 3 is 1.94 bits per heavy atom. The first-order valence-electron chi connectivity index (χ1n) is 17.1. The predicted octanol–water partition coefficient (Wildman–Crippen LogP) is 13.4. The third-order valence-electron chi connectivity index (χ3n) is 9.68. The van der Waals surface area contributed by atoms with Crippen LogP contribution in [0.5, 0.6) is 0 Å². The molecule has 0 saturated carbocycles. The highest BCUT2D eigenvalue weighted by atomic mass is 16.3. The Morgan fingerprint density at radius 2 is 1.06 bits per heavy atom. The van der Waals surface area contributed by atoms with Crippen molar-refractivity contribution in [2.24, 2.45) is 0 Å². The van der Waals surface area contributed by atoms with Crippen LogP contribution in [0.15, 0.2) is 191 Å². The molecular formula is C47H30N2O2. The minimum atomic E-state index is 0.575. The Bertz CT molecular complexity index is 2830. The van der Waals surface area contributed by atoms with Crippen LogP contribution in [0.4, 0.5) is 17.1 Å². The van der Waals surface area contributed by atoms with Crippen molar-refractivity contribution >= 4 is 60.9 Å². The van der Waals surface area contributed by atoms with Gasteiger partial charge in [0.1, 0.15) is 16.7 Å². The van der Waals surface area contributed by atoms with E-state index in [2.05, 4.69) is 144 Å². The number of fused-ring (bicyclic) bond motifs is 5. The number of rotatable bonds is 6. The van der Waals surface area contributed by atoms with E-state index in [1.165, 1.54) is 27.5 Å². The van der Waals surface area contributed by atoms with E-state index in [0.717, 1.165) is 61.2 Å². The molecule has 0 saturated heterocycles. The number of nitrogens with zero attached hydrogens (tertiary/aromatic N) is 2. The second-order valence-corrected chi connectivity index (χ2v) is 12.8. The maximum Gasteiger partial charge on any atom is 0.228 e. The summed E-state index contributed by atoms with van der Waals surface area (Å²) in [6.07, 6.45) is 0. The summed E-state index contributed by atoms with van der Waals surface area (Å²) in [7, 11) is 0. The molecule has 10 rings (SSSR count). The number of furan rings is 1. The van der Waals surface area contributed by atoms with Gasteiger partial charge in [-0.1, -0.05) is 109 Å². The second kappa shape index (κ2) is 11.9. The molecule has 2 heterocycles. The molecule has 0 unspecified atom stereocenters. The lowest BCUT2D eigenvalue weighted by Gasteiger charge is -2.26. The average molecular weight is 655 g/mol. The average Bonchev–Trinajstić information content (AvgIpc) is 3.80. The summed E-state index contributed by atoms with van der Waals surface area (Å²) in [6.45, 7) is 0. The van der Waals surface area contributed by atoms with Gasteiger partial charge in [-0.15, -0.1) is 0 Å². The van der Waals surface area contributed by atoms with Crippen molar-refractivity contribution in [3.63, 3.8) is 0 Å². The zero-order valence-corrected chi connectivity index (χ0v) is 27.5. The molecule has 0 radical (unpaired) electrons. The quantitative estimate of drug-likeness (QED) is 0.179. The van der Waals surface area contributed by atoms with Crippen LogP contribution in [-0.4, -0.2) is 4.98 Å². The largest absolute Gasteiger partial charge is 0.456 e. The van der Waals surface area contributed by atoms with Crippen LogP contribution in [0.1, 0.15) is 0 Å². The Labute approximate surface area is 294 Å². The number of anilines is 3. The highest BCUT2D eigenvalue weighted by Gasteiger charge is 2.20. The van der Waals surface area contributed by atoms with Crippen LogP contribution in [0.2, 0.25) is 0 Å². The molecule has 0 spiro atoms. The molecule has 0 bridgehead atoms. The van der Waals surface area contributed by atoms with Gasteiger partial charge in [0, 0.05) is 33.4 Å². The molecule has 0 aliphatic heterocycles. The van der Waals surface area contributed by atoms with Crippen molar-refractivity contribution in [2.75, 3.05) is 4.90 Å². The highest BCUT2D eigenvalue weighted by Crippen LogP contribution is 2.43. The molecule has 240 valence electrons. The summed E-state index contributed by atoms with van der Waals surface area (Å²) in [6, 6.07) is 63.6. The zero-order chi connectivity index (χ0) is 33.7. The third-order valence-corrected chi connectivity index (χ3v) is 9.68. The van der Waals surface area contributed by atoms with Gasteiger partial charge in [-0.3, -0.25) is 0 Å². The monoisotopic (exact) mass is 654 g/mol. The Balaban J connectivity index is 1.15. The maximum atomic E-state index is 6.42. The van der Waals surface area contributed by atoms with Crippen LogP contribution >= 0.6 is 0 Å². The summed E-state index contributed by atoms with van der Waals surface area (Å²) < 4.78 is 12.7. The fourth-order valence-corrected chi connectivity index (χ4v) is 7.19. The van der Waals surface area contributed by atoms with E-state index >= 15 is 0 Å². The lowest BCUT2D eigenvalue weighted by Crippen LogP contribution is -2.10. The van der Waals surface area contributed by atoms with E-state index < -0.39 is 0 Å². The van der Waals surface area contributed by atoms with Gasteiger partial charge in [0.25, 0.3) is 0 Å². The molecule has 4 nitrogen and oxygen atoms in total. The van der Waals surface area contributed by atoms with E-state index in [9.17, 15) is 0 Å². The van der Waals surface area contributed by atoms with Crippen molar-refractivity contribution < 1.29 is 8.83 Å². The predicted molar refractivity (Wildman–Crippen MR) is 210 cm³/mol. The van der Waals surface area contributed by atoms with E-state index in [0.29, 0.717) is 5.89 Å². The zero-order valence-electron chi connectivity index (χ0n) is 27.5. The molecule has 2 aromatic heterocycles. The van der Waals surface area contributed by atoms with Gasteiger partial charge in [-0.05, 0) is 106 Å². The Hall–Kier alpha value is -6.91. The SMILES string of the molecule is c1ccc(-c2ccc(N(c3cccc(-c4ccc5ccccc5c4)c3)c3ccc4oc5cccc(-c6nc7ccccc7o6)c5c4c3)cc2)cc1. The molecule has 51 heavy (non-hydrogen) atoms. The van der Waals surface area contributed by atoms with Gasteiger partial charge in [0.2, 0.25) is 5.89 Å². The fraction of sp³-hybridized carbons (Fsp3) is 0. The van der Waals surface area contributed by atoms with Crippen LogP contribution in [0.25, 0.3) is 77.5 Å². The third kappa shape index (κ3) is 5.13. The van der Waals surface area contributed by atoms with Crippen molar-refractivity contribution in [3.8, 4) is 33.7 Å². The number of hydrogen-bond acceptors (Lipinski definition) is 4. The highest BCUT2D eigenvalue weighted by molar-refractivity contribution is 6.13. The van der Waals surface area contributed by atoms with Gasteiger partial charge in [-0.25, -0.2) is 4.98 Å². The second-order valence-electron chi connectivity index (χ2n) is 12.8. The lowest BCUT2D eigenvalue weighted by atomic mass is 10.00. The van der Waals surface area contributed by atoms with Crippen molar-refractivity contribution in [3.05, 3.63) is 182 Å². The van der Waals surface area contributed by atoms with E-state index in [1.54, 1.807) is 0 Å². The van der Waals surface area contributed by atoms with Crippen molar-refractivity contribution in [1.29, 1.82) is 0 Å². The molecule has 0 amide bonds. The minimum Gasteiger partial charge on any atom is -0.456 e. The number of oxazole rings is 1. The number of benzene rings is 8. The smallest absolute Gasteiger partial charge is 0.228 e. The first-order valence-corrected chi connectivity index (χ1v) is 17.1. The first-order chi connectivity index (χ1) is 25.2. The molecule has 0 N–H and O–H groups in total.